The molecule has 1 aromatic rings. The lowest BCUT2D eigenvalue weighted by molar-refractivity contribution is 0.268. The molecule has 2 heterocycles. The van der Waals surface area contributed by atoms with E-state index in [1.54, 1.807) is 0 Å². The average Bonchev–Trinajstić information content (AvgIpc) is 2.65. The normalized spacial score (nSPS) is 34.3. The quantitative estimate of drug-likeness (QED) is 0.632. The molecule has 0 amide bonds. The van der Waals surface area contributed by atoms with Gasteiger partial charge in [0.2, 0.25) is 0 Å². The van der Waals surface area contributed by atoms with Crippen molar-refractivity contribution in [2.24, 2.45) is 0 Å². The smallest absolute Gasteiger partial charge is 0.0911 e. The Bertz CT molecular complexity index is 401. The highest BCUT2D eigenvalue weighted by molar-refractivity contribution is 5.63. The Kier molecular flexibility index (Phi) is 1.70. The molecular formula is C13H17N2. The molecule has 0 spiro atoms. The molecule has 3 rings (SSSR count). The van der Waals surface area contributed by atoms with Crippen molar-refractivity contribution < 1.29 is 0 Å². The number of benzene rings is 1. The maximum absolute atomic E-state index is 3.18. The van der Waals surface area contributed by atoms with Gasteiger partial charge >= 0.3 is 0 Å². The van der Waals surface area contributed by atoms with E-state index in [2.05, 4.69) is 49.0 Å². The van der Waals surface area contributed by atoms with Crippen molar-refractivity contribution in [2.45, 2.75) is 24.9 Å². The molecule has 2 aliphatic heterocycles. The fraction of sp³-hybridized carbons (Fsp3) is 0.538. The Labute approximate surface area is 91.5 Å². The number of likely N-dealkylation sites (tertiary alicyclic amines) is 1. The highest BCUT2D eigenvalue weighted by Gasteiger charge is 2.51. The Morgan fingerprint density at radius 3 is 3.07 bits per heavy atom. The van der Waals surface area contributed by atoms with Crippen LogP contribution in [0, 0.1) is 6.07 Å². The summed E-state index contributed by atoms with van der Waals surface area (Å²) in [5.41, 5.74) is 3.17. The van der Waals surface area contributed by atoms with Crippen molar-refractivity contribution >= 4 is 5.69 Å². The fourth-order valence-corrected chi connectivity index (χ4v) is 3.47. The lowest BCUT2D eigenvalue weighted by atomic mass is 9.81. The molecule has 1 fully saturated rings. The van der Waals surface area contributed by atoms with Gasteiger partial charge in [-0.15, -0.1) is 0 Å². The lowest BCUT2D eigenvalue weighted by Crippen LogP contribution is -2.45. The first kappa shape index (κ1) is 9.22. The van der Waals surface area contributed by atoms with Crippen molar-refractivity contribution in [1.29, 1.82) is 0 Å². The molecule has 1 aromatic carbocycles. The Hall–Kier alpha value is -1.02. The van der Waals surface area contributed by atoms with Crippen molar-refractivity contribution in [1.82, 2.24) is 4.90 Å². The fourth-order valence-electron chi connectivity index (χ4n) is 3.47. The summed E-state index contributed by atoms with van der Waals surface area (Å²) in [5, 5.41) is 0. The molecule has 0 bridgehead atoms. The van der Waals surface area contributed by atoms with Crippen molar-refractivity contribution in [3.8, 4) is 0 Å². The van der Waals surface area contributed by atoms with Crippen LogP contribution in [-0.4, -0.2) is 31.7 Å². The minimum atomic E-state index is 0.313. The van der Waals surface area contributed by atoms with E-state index in [0.29, 0.717) is 11.6 Å². The van der Waals surface area contributed by atoms with Gasteiger partial charge in [0.25, 0.3) is 0 Å². The van der Waals surface area contributed by atoms with Crippen LogP contribution in [0.3, 0.4) is 0 Å². The zero-order valence-electron chi connectivity index (χ0n) is 9.62. The van der Waals surface area contributed by atoms with Crippen LogP contribution >= 0.6 is 0 Å². The second-order valence-electron chi connectivity index (χ2n) is 5.08. The third kappa shape index (κ3) is 0.979. The van der Waals surface area contributed by atoms with Crippen molar-refractivity contribution in [3.63, 3.8) is 0 Å². The third-order valence-electron chi connectivity index (χ3n) is 4.18. The minimum absolute atomic E-state index is 0.313. The van der Waals surface area contributed by atoms with E-state index in [4.69, 9.17) is 0 Å². The van der Waals surface area contributed by atoms with Gasteiger partial charge < -0.3 is 4.90 Å². The summed E-state index contributed by atoms with van der Waals surface area (Å²) < 4.78 is 0. The van der Waals surface area contributed by atoms with Crippen LogP contribution in [0.2, 0.25) is 0 Å². The van der Waals surface area contributed by atoms with Gasteiger partial charge in [-0.3, -0.25) is 4.90 Å². The molecule has 1 radical (unpaired) electrons. The molecule has 2 aliphatic rings. The number of fused-ring (bicyclic) bond motifs is 3. The van der Waals surface area contributed by atoms with Gasteiger partial charge in [0.1, 0.15) is 0 Å². The van der Waals surface area contributed by atoms with Crippen LogP contribution in [-0.2, 0) is 5.41 Å². The number of nitrogens with zero attached hydrogens (tertiary/aromatic N) is 2. The molecule has 2 heteroatoms. The molecule has 2 nitrogen and oxygen atoms in total. The number of rotatable bonds is 0. The van der Waals surface area contributed by atoms with E-state index in [9.17, 15) is 0 Å². The largest absolute Gasteiger partial charge is 0.358 e. The van der Waals surface area contributed by atoms with Gasteiger partial charge in [0.15, 0.2) is 0 Å². The zero-order chi connectivity index (χ0) is 10.6. The zero-order valence-corrected chi connectivity index (χ0v) is 9.62. The van der Waals surface area contributed by atoms with E-state index in [1.165, 1.54) is 24.2 Å². The van der Waals surface area contributed by atoms with Gasteiger partial charge in [-0.05, 0) is 31.2 Å². The number of hydrogen-bond acceptors (Lipinski definition) is 2. The first-order chi connectivity index (χ1) is 7.14. The number of anilines is 1. The topological polar surface area (TPSA) is 6.48 Å². The van der Waals surface area contributed by atoms with Crippen LogP contribution in [0.15, 0.2) is 18.2 Å². The molecule has 0 aromatic heterocycles. The van der Waals surface area contributed by atoms with Crippen molar-refractivity contribution in [3.05, 3.63) is 29.8 Å². The molecule has 0 saturated carbocycles. The predicted molar refractivity (Wildman–Crippen MR) is 62.1 cm³/mol. The summed E-state index contributed by atoms with van der Waals surface area (Å²) in [6, 6.07) is 9.58. The van der Waals surface area contributed by atoms with Crippen LogP contribution in [0.1, 0.15) is 18.9 Å². The van der Waals surface area contributed by atoms with Gasteiger partial charge in [-0.25, -0.2) is 0 Å². The second-order valence-corrected chi connectivity index (χ2v) is 5.08. The van der Waals surface area contributed by atoms with Crippen LogP contribution < -0.4 is 4.90 Å². The summed E-state index contributed by atoms with van der Waals surface area (Å²) in [6.07, 6.45) is 1.79. The molecule has 79 valence electrons. The highest BCUT2D eigenvalue weighted by Crippen LogP contribution is 2.50. The van der Waals surface area contributed by atoms with Crippen LogP contribution in [0.25, 0.3) is 0 Å². The summed E-state index contributed by atoms with van der Waals surface area (Å²) in [7, 11) is 4.42. The van der Waals surface area contributed by atoms with E-state index in [-0.39, 0.29) is 0 Å². The van der Waals surface area contributed by atoms with Crippen LogP contribution in [0.5, 0.6) is 0 Å². The summed E-state index contributed by atoms with van der Waals surface area (Å²) >= 11 is 0. The van der Waals surface area contributed by atoms with Crippen LogP contribution in [0.4, 0.5) is 5.69 Å². The van der Waals surface area contributed by atoms with Gasteiger partial charge in [0.05, 0.1) is 6.17 Å². The Morgan fingerprint density at radius 1 is 1.47 bits per heavy atom. The Morgan fingerprint density at radius 2 is 2.27 bits per heavy atom. The van der Waals surface area contributed by atoms with Gasteiger partial charge in [0, 0.05) is 24.7 Å². The van der Waals surface area contributed by atoms with Gasteiger partial charge in [-0.2, -0.15) is 0 Å². The summed E-state index contributed by atoms with van der Waals surface area (Å²) in [4.78, 5) is 4.86. The minimum Gasteiger partial charge on any atom is -0.358 e. The molecule has 0 unspecified atom stereocenters. The molecule has 2 atom stereocenters. The van der Waals surface area contributed by atoms with E-state index >= 15 is 0 Å². The molecular weight excluding hydrogens is 184 g/mol. The first-order valence-electron chi connectivity index (χ1n) is 5.58. The number of hydrogen-bond donors (Lipinski definition) is 0. The third-order valence-corrected chi connectivity index (χ3v) is 4.18. The first-order valence-corrected chi connectivity index (χ1v) is 5.58. The number of likely N-dealkylation sites (N-methyl/N-ethyl adjacent to an activating group) is 2. The second kappa shape index (κ2) is 2.76. The lowest BCUT2D eigenvalue weighted by Gasteiger charge is -2.32. The maximum Gasteiger partial charge on any atom is 0.0911 e. The maximum atomic E-state index is 3.18. The van der Waals surface area contributed by atoms with E-state index in [1.807, 2.05) is 6.07 Å². The monoisotopic (exact) mass is 201 g/mol. The van der Waals surface area contributed by atoms with Crippen molar-refractivity contribution in [2.75, 3.05) is 25.5 Å². The highest BCUT2D eigenvalue weighted by atomic mass is 15.4. The average molecular weight is 201 g/mol. The van der Waals surface area contributed by atoms with Gasteiger partial charge in [-0.1, -0.05) is 19.1 Å². The molecule has 0 N–H and O–H groups in total. The summed E-state index contributed by atoms with van der Waals surface area (Å²) in [5.74, 6) is 0. The Balaban J connectivity index is 2.19. The molecule has 15 heavy (non-hydrogen) atoms. The molecule has 1 saturated heterocycles. The summed E-state index contributed by atoms with van der Waals surface area (Å²) in [6.45, 7) is 3.59. The predicted octanol–water partition coefficient (Wildman–Crippen LogP) is 1.86. The standard InChI is InChI=1S/C13H17N2/c1-13-8-9-14(2)12(13)15(3)11-7-5-4-6-10(11)13/h4,6-7,12H,8-9H2,1-3H3/t12-,13+/m0/s1. The van der Waals surface area contributed by atoms with E-state index < -0.39 is 0 Å². The molecule has 0 aliphatic carbocycles. The SMILES string of the molecule is CN1CC[C@]2(C)c3cc[c]cc3N(C)[C@H]12. The van der Waals surface area contributed by atoms with E-state index in [0.717, 1.165) is 0 Å².